The average molecular weight is 328 g/mol. The number of carbonyl (C=O) groups is 1. The molecule has 1 aromatic carbocycles. The normalized spacial score (nSPS) is 11.0. The molecule has 0 radical (unpaired) electrons. The molecule has 6 heteroatoms. The molecule has 0 unspecified atom stereocenters. The molecule has 0 aliphatic heterocycles. The van der Waals surface area contributed by atoms with Crippen molar-refractivity contribution in [3.05, 3.63) is 50.1 Å². The van der Waals surface area contributed by atoms with Gasteiger partial charge in [0.2, 0.25) is 0 Å². The van der Waals surface area contributed by atoms with Crippen molar-refractivity contribution >= 4 is 45.4 Å². The second kappa shape index (κ2) is 5.41. The van der Waals surface area contributed by atoms with E-state index in [9.17, 15) is 9.18 Å². The zero-order valence-electron chi connectivity index (χ0n) is 8.93. The van der Waals surface area contributed by atoms with Gasteiger partial charge in [0, 0.05) is 5.56 Å². The molecule has 0 spiro atoms. The first-order chi connectivity index (χ1) is 8.58. The van der Waals surface area contributed by atoms with E-state index in [4.69, 9.17) is 5.11 Å². The van der Waals surface area contributed by atoms with Crippen molar-refractivity contribution in [2.45, 2.75) is 0 Å². The molecule has 2 aromatic rings. The highest BCUT2D eigenvalue weighted by atomic mass is 79.9. The van der Waals surface area contributed by atoms with Crippen LogP contribution in [0.5, 0.6) is 0 Å². The minimum Gasteiger partial charge on any atom is -0.476 e. The summed E-state index contributed by atoms with van der Waals surface area (Å²) in [6.45, 7) is 0. The Kier molecular flexibility index (Phi) is 3.88. The van der Waals surface area contributed by atoms with Gasteiger partial charge < -0.3 is 5.11 Å². The molecule has 0 saturated heterocycles. The van der Waals surface area contributed by atoms with Gasteiger partial charge in [0.15, 0.2) is 5.69 Å². The van der Waals surface area contributed by atoms with Gasteiger partial charge in [-0.15, -0.1) is 11.3 Å². The lowest BCUT2D eigenvalue weighted by atomic mass is 10.2. The molecule has 0 aliphatic rings. The van der Waals surface area contributed by atoms with Gasteiger partial charge in [-0.3, -0.25) is 0 Å². The van der Waals surface area contributed by atoms with E-state index >= 15 is 0 Å². The van der Waals surface area contributed by atoms with Crippen molar-refractivity contribution in [1.29, 1.82) is 0 Å². The van der Waals surface area contributed by atoms with Crippen molar-refractivity contribution in [3.63, 3.8) is 0 Å². The summed E-state index contributed by atoms with van der Waals surface area (Å²) >= 11 is 4.31. The molecule has 3 nitrogen and oxygen atoms in total. The molecular weight excluding hydrogens is 321 g/mol. The van der Waals surface area contributed by atoms with Gasteiger partial charge in [0.05, 0.1) is 0 Å². The minimum atomic E-state index is -1.09. The summed E-state index contributed by atoms with van der Waals surface area (Å²) in [5.74, 6) is -1.42. The van der Waals surface area contributed by atoms with Crippen LogP contribution in [0, 0.1) is 5.82 Å². The Bertz CT molecular complexity index is 624. The fourth-order valence-electron chi connectivity index (χ4n) is 1.29. The number of nitrogens with zero attached hydrogens (tertiary/aromatic N) is 1. The number of aromatic nitrogens is 1. The second-order valence-corrected chi connectivity index (χ2v) is 5.68. The van der Waals surface area contributed by atoms with E-state index in [1.54, 1.807) is 30.4 Å². The third-order valence-electron chi connectivity index (χ3n) is 2.12. The van der Waals surface area contributed by atoms with Crippen LogP contribution in [0.1, 0.15) is 21.1 Å². The summed E-state index contributed by atoms with van der Waals surface area (Å²) in [5, 5.41) is 9.34. The van der Waals surface area contributed by atoms with Crippen molar-refractivity contribution in [2.24, 2.45) is 0 Å². The fraction of sp³-hybridized carbons (Fsp3) is 0. The lowest BCUT2D eigenvalue weighted by Crippen LogP contribution is -1.96. The molecule has 0 bridgehead atoms. The molecule has 18 heavy (non-hydrogen) atoms. The third-order valence-corrected chi connectivity index (χ3v) is 3.79. The second-order valence-electron chi connectivity index (χ2n) is 3.33. The first-order valence-corrected chi connectivity index (χ1v) is 6.51. The van der Waals surface area contributed by atoms with Crippen LogP contribution in [0.25, 0.3) is 12.2 Å². The highest BCUT2D eigenvalue weighted by Gasteiger charge is 2.13. The van der Waals surface area contributed by atoms with Crippen LogP contribution in [0.3, 0.4) is 0 Å². The molecule has 0 amide bonds. The Morgan fingerprint density at radius 1 is 1.39 bits per heavy atom. The maximum atomic E-state index is 13.3. The molecule has 0 saturated carbocycles. The van der Waals surface area contributed by atoms with Gasteiger partial charge >= 0.3 is 5.97 Å². The minimum absolute atomic E-state index is 0.0341. The molecule has 2 rings (SSSR count). The highest BCUT2D eigenvalue weighted by Crippen LogP contribution is 2.26. The van der Waals surface area contributed by atoms with E-state index in [2.05, 4.69) is 20.9 Å². The van der Waals surface area contributed by atoms with Crippen molar-refractivity contribution in [3.8, 4) is 0 Å². The Balaban J connectivity index is 2.27. The number of benzene rings is 1. The first-order valence-electron chi connectivity index (χ1n) is 4.90. The Labute approximate surface area is 115 Å². The van der Waals surface area contributed by atoms with E-state index in [1.165, 1.54) is 17.4 Å². The predicted octanol–water partition coefficient (Wildman–Crippen LogP) is 3.91. The van der Waals surface area contributed by atoms with Gasteiger partial charge in [-0.2, -0.15) is 0 Å². The zero-order valence-corrected chi connectivity index (χ0v) is 11.3. The van der Waals surface area contributed by atoms with Crippen LogP contribution >= 0.6 is 27.3 Å². The smallest absolute Gasteiger partial charge is 0.356 e. The van der Waals surface area contributed by atoms with Crippen molar-refractivity contribution in [2.75, 3.05) is 0 Å². The number of halogens is 2. The Morgan fingerprint density at radius 2 is 2.11 bits per heavy atom. The summed E-state index contributed by atoms with van der Waals surface area (Å²) in [4.78, 5) is 14.7. The number of rotatable bonds is 3. The van der Waals surface area contributed by atoms with Crippen LogP contribution in [0.4, 0.5) is 4.39 Å². The highest BCUT2D eigenvalue weighted by molar-refractivity contribution is 9.11. The van der Waals surface area contributed by atoms with E-state index in [0.29, 0.717) is 14.4 Å². The molecule has 0 fully saturated rings. The van der Waals surface area contributed by atoms with Crippen LogP contribution in [0.15, 0.2) is 28.1 Å². The molecule has 1 heterocycles. The SMILES string of the molecule is O=C(O)c1nc(C=Cc2ccccc2F)sc1Br. The van der Waals surface area contributed by atoms with Gasteiger partial charge in [-0.05, 0) is 34.1 Å². The molecule has 0 atom stereocenters. The summed E-state index contributed by atoms with van der Waals surface area (Å²) < 4.78 is 13.8. The summed E-state index contributed by atoms with van der Waals surface area (Å²) in [6, 6.07) is 6.32. The number of hydrogen-bond donors (Lipinski definition) is 1. The molecular formula is C12H7BrFNO2S. The summed E-state index contributed by atoms with van der Waals surface area (Å²) in [6.07, 6.45) is 3.15. The quantitative estimate of drug-likeness (QED) is 0.929. The molecule has 1 aromatic heterocycles. The summed E-state index contributed by atoms with van der Waals surface area (Å²) in [5.41, 5.74) is 0.397. The van der Waals surface area contributed by atoms with Crippen molar-refractivity contribution < 1.29 is 14.3 Å². The maximum absolute atomic E-state index is 13.3. The van der Waals surface area contributed by atoms with Crippen LogP contribution in [0.2, 0.25) is 0 Å². The monoisotopic (exact) mass is 327 g/mol. The van der Waals surface area contributed by atoms with Crippen LogP contribution in [-0.4, -0.2) is 16.1 Å². The number of hydrogen-bond acceptors (Lipinski definition) is 3. The molecule has 1 N–H and O–H groups in total. The number of thiazole rings is 1. The zero-order chi connectivity index (χ0) is 13.1. The standard InChI is InChI=1S/C12H7BrFNO2S/c13-11-10(12(16)17)15-9(18-11)6-5-7-3-1-2-4-8(7)14/h1-6H,(H,16,17). The lowest BCUT2D eigenvalue weighted by Gasteiger charge is -1.93. The maximum Gasteiger partial charge on any atom is 0.356 e. The molecule has 92 valence electrons. The number of carboxylic acids is 1. The van der Waals surface area contributed by atoms with E-state index in [1.807, 2.05) is 0 Å². The lowest BCUT2D eigenvalue weighted by molar-refractivity contribution is 0.0690. The number of carboxylic acid groups (broad SMARTS) is 1. The van der Waals surface area contributed by atoms with E-state index < -0.39 is 5.97 Å². The predicted molar refractivity (Wildman–Crippen MR) is 72.1 cm³/mol. The van der Waals surface area contributed by atoms with E-state index in [0.717, 1.165) is 0 Å². The van der Waals surface area contributed by atoms with Crippen LogP contribution < -0.4 is 0 Å². The van der Waals surface area contributed by atoms with Gasteiger partial charge in [0.1, 0.15) is 14.6 Å². The Morgan fingerprint density at radius 3 is 2.72 bits per heavy atom. The summed E-state index contributed by atoms with van der Waals surface area (Å²) in [7, 11) is 0. The Hall–Kier alpha value is -1.53. The fourth-order valence-corrected chi connectivity index (χ4v) is 2.73. The van der Waals surface area contributed by atoms with Gasteiger partial charge in [-0.1, -0.05) is 18.2 Å². The van der Waals surface area contributed by atoms with Gasteiger partial charge in [-0.25, -0.2) is 14.2 Å². The molecule has 0 aliphatic carbocycles. The topological polar surface area (TPSA) is 50.2 Å². The van der Waals surface area contributed by atoms with E-state index in [-0.39, 0.29) is 11.5 Å². The van der Waals surface area contributed by atoms with Crippen molar-refractivity contribution in [1.82, 2.24) is 4.98 Å². The van der Waals surface area contributed by atoms with Gasteiger partial charge in [0.25, 0.3) is 0 Å². The largest absolute Gasteiger partial charge is 0.476 e. The first kappa shape index (κ1) is 12.9. The number of aromatic carboxylic acids is 1. The van der Waals surface area contributed by atoms with Crippen LogP contribution in [-0.2, 0) is 0 Å². The third kappa shape index (κ3) is 2.83. The average Bonchev–Trinajstić information content (AvgIpc) is 2.70.